The van der Waals surface area contributed by atoms with Crippen LogP contribution in [0.2, 0.25) is 0 Å². The summed E-state index contributed by atoms with van der Waals surface area (Å²) in [6, 6.07) is 8.48. The quantitative estimate of drug-likeness (QED) is 0.801. The zero-order valence-corrected chi connectivity index (χ0v) is 14.8. The number of ether oxygens (including phenoxy) is 2. The topological polar surface area (TPSA) is 99.6 Å². The second kappa shape index (κ2) is 9.04. The minimum atomic E-state index is -1.35. The summed E-state index contributed by atoms with van der Waals surface area (Å²) in [7, 11) is 2.77. The molecule has 1 fully saturated rings. The molecule has 0 radical (unpaired) electrons. The first-order chi connectivity index (χ1) is 12.4. The van der Waals surface area contributed by atoms with Gasteiger partial charge in [-0.25, -0.2) is 24.4 Å². The van der Waals surface area contributed by atoms with Crippen LogP contribution in [0.3, 0.4) is 0 Å². The minimum absolute atomic E-state index is 0.0386. The van der Waals surface area contributed by atoms with Gasteiger partial charge in [0, 0.05) is 33.6 Å². The molecule has 1 aromatic rings. The monoisotopic (exact) mass is 365 g/mol. The van der Waals surface area contributed by atoms with Crippen LogP contribution in [0.1, 0.15) is 5.56 Å². The van der Waals surface area contributed by atoms with E-state index < -0.39 is 18.2 Å². The van der Waals surface area contributed by atoms with Gasteiger partial charge in [0.15, 0.2) is 0 Å². The van der Waals surface area contributed by atoms with Crippen LogP contribution in [-0.2, 0) is 20.7 Å². The molecule has 9 nitrogen and oxygen atoms in total. The van der Waals surface area contributed by atoms with E-state index in [9.17, 15) is 19.5 Å². The lowest BCUT2D eigenvalue weighted by atomic mass is 10.1. The number of carbonyl (C=O) groups excluding carboxylic acids is 2. The molecule has 0 aromatic heterocycles. The highest BCUT2D eigenvalue weighted by molar-refractivity contribution is 5.80. The number of carbonyl (C=O) groups is 3. The molecule has 142 valence electrons. The second-order valence-electron chi connectivity index (χ2n) is 5.83. The van der Waals surface area contributed by atoms with Crippen molar-refractivity contribution >= 4 is 18.1 Å². The van der Waals surface area contributed by atoms with Crippen molar-refractivity contribution in [3.63, 3.8) is 0 Å². The number of urea groups is 1. The fraction of sp³-hybridized carbons (Fsp3) is 0.471. The molecular formula is C17H23N3O6. The van der Waals surface area contributed by atoms with E-state index in [2.05, 4.69) is 0 Å². The van der Waals surface area contributed by atoms with Crippen LogP contribution in [-0.4, -0.2) is 84.6 Å². The molecule has 0 aliphatic carbocycles. The van der Waals surface area contributed by atoms with E-state index in [4.69, 9.17) is 9.47 Å². The van der Waals surface area contributed by atoms with Gasteiger partial charge in [0.2, 0.25) is 6.10 Å². The third kappa shape index (κ3) is 5.09. The molecule has 1 heterocycles. The van der Waals surface area contributed by atoms with E-state index in [1.807, 2.05) is 6.07 Å². The average Bonchev–Trinajstić information content (AvgIpc) is 2.67. The Morgan fingerprint density at radius 3 is 2.35 bits per heavy atom. The van der Waals surface area contributed by atoms with Crippen LogP contribution in [0.25, 0.3) is 0 Å². The van der Waals surface area contributed by atoms with Crippen molar-refractivity contribution in [1.82, 2.24) is 14.9 Å². The summed E-state index contributed by atoms with van der Waals surface area (Å²) in [6.07, 6.45) is -2.23. The van der Waals surface area contributed by atoms with Gasteiger partial charge in [0.05, 0.1) is 13.2 Å². The molecule has 0 bridgehead atoms. The highest BCUT2D eigenvalue weighted by Crippen LogP contribution is 2.10. The Bertz CT molecular complexity index is 633. The normalized spacial score (nSPS) is 15.1. The summed E-state index contributed by atoms with van der Waals surface area (Å²) in [5, 5.41) is 11.4. The number of amides is 3. The van der Waals surface area contributed by atoms with Gasteiger partial charge in [-0.15, -0.1) is 0 Å². The number of benzene rings is 1. The summed E-state index contributed by atoms with van der Waals surface area (Å²) in [4.78, 5) is 37.6. The van der Waals surface area contributed by atoms with Crippen molar-refractivity contribution in [2.75, 3.05) is 40.4 Å². The van der Waals surface area contributed by atoms with Gasteiger partial charge in [-0.2, -0.15) is 0 Å². The molecule has 1 aliphatic rings. The Labute approximate surface area is 151 Å². The van der Waals surface area contributed by atoms with Crippen molar-refractivity contribution in [1.29, 1.82) is 0 Å². The van der Waals surface area contributed by atoms with Gasteiger partial charge in [0.1, 0.15) is 0 Å². The maximum Gasteiger partial charge on any atom is 0.429 e. The van der Waals surface area contributed by atoms with Crippen LogP contribution >= 0.6 is 0 Å². The number of hydrazine groups is 1. The predicted octanol–water partition coefficient (Wildman–Crippen LogP) is 1.05. The van der Waals surface area contributed by atoms with Crippen LogP contribution in [0, 0.1) is 0 Å². The van der Waals surface area contributed by atoms with Crippen molar-refractivity contribution in [3.8, 4) is 0 Å². The molecule has 26 heavy (non-hydrogen) atoms. The summed E-state index contributed by atoms with van der Waals surface area (Å²) in [5.41, 5.74) is 0.730. The number of morpholine rings is 1. The molecule has 1 aliphatic heterocycles. The Kier molecular flexibility index (Phi) is 6.79. The highest BCUT2D eigenvalue weighted by atomic mass is 16.6. The first-order valence-corrected chi connectivity index (χ1v) is 8.21. The SMILES string of the molecule is CN(C(=O)O[C@@H](Cc1ccccc1)C(=O)O)N(C)C(=O)N1CCOCC1. The van der Waals surface area contributed by atoms with Gasteiger partial charge in [-0.05, 0) is 5.56 Å². The Morgan fingerprint density at radius 1 is 1.15 bits per heavy atom. The molecular weight excluding hydrogens is 342 g/mol. The molecule has 2 rings (SSSR count). The number of aliphatic carboxylic acids is 1. The van der Waals surface area contributed by atoms with Crippen LogP contribution < -0.4 is 0 Å². The number of carboxylic acids is 1. The Balaban J connectivity index is 1.96. The van der Waals surface area contributed by atoms with Gasteiger partial charge in [-0.1, -0.05) is 30.3 Å². The van der Waals surface area contributed by atoms with Gasteiger partial charge < -0.3 is 19.5 Å². The molecule has 3 amide bonds. The van der Waals surface area contributed by atoms with Crippen LogP contribution in [0.4, 0.5) is 9.59 Å². The molecule has 0 saturated carbocycles. The number of hydrogen-bond donors (Lipinski definition) is 1. The minimum Gasteiger partial charge on any atom is -0.478 e. The van der Waals surface area contributed by atoms with Crippen molar-refractivity contribution < 1.29 is 29.0 Å². The van der Waals surface area contributed by atoms with Crippen LogP contribution in [0.15, 0.2) is 30.3 Å². The van der Waals surface area contributed by atoms with Crippen LogP contribution in [0.5, 0.6) is 0 Å². The van der Waals surface area contributed by atoms with Crippen molar-refractivity contribution in [2.45, 2.75) is 12.5 Å². The number of nitrogens with zero attached hydrogens (tertiary/aromatic N) is 3. The molecule has 0 spiro atoms. The standard InChI is InChI=1S/C17H23N3O6/c1-18(16(23)20-8-10-25-11-9-20)19(2)17(24)26-14(15(21)22)12-13-6-4-3-5-7-13/h3-7,14H,8-12H2,1-2H3,(H,21,22)/t14-/m0/s1. The first kappa shape index (κ1) is 19.5. The first-order valence-electron chi connectivity index (χ1n) is 8.21. The van der Waals surface area contributed by atoms with Crippen molar-refractivity contribution in [2.24, 2.45) is 0 Å². The van der Waals surface area contributed by atoms with E-state index in [1.54, 1.807) is 29.2 Å². The number of hydrogen-bond acceptors (Lipinski definition) is 5. The summed E-state index contributed by atoms with van der Waals surface area (Å²) in [6.45, 7) is 1.73. The van der Waals surface area contributed by atoms with Crippen molar-refractivity contribution in [3.05, 3.63) is 35.9 Å². The molecule has 1 aromatic carbocycles. The lowest BCUT2D eigenvalue weighted by Gasteiger charge is -2.34. The maximum absolute atomic E-state index is 12.4. The maximum atomic E-state index is 12.4. The van der Waals surface area contributed by atoms with E-state index >= 15 is 0 Å². The average molecular weight is 365 g/mol. The lowest BCUT2D eigenvalue weighted by molar-refractivity contribution is -0.147. The molecule has 9 heteroatoms. The summed E-state index contributed by atoms with van der Waals surface area (Å²) in [5.74, 6) is -1.25. The Morgan fingerprint density at radius 2 is 1.77 bits per heavy atom. The smallest absolute Gasteiger partial charge is 0.429 e. The Hall–Kier alpha value is -2.81. The van der Waals surface area contributed by atoms with E-state index in [1.165, 1.54) is 14.1 Å². The number of rotatable bonds is 4. The lowest BCUT2D eigenvalue weighted by Crippen LogP contribution is -2.54. The van der Waals surface area contributed by atoms with Gasteiger partial charge in [-0.3, -0.25) is 0 Å². The zero-order chi connectivity index (χ0) is 19.1. The third-order valence-corrected chi connectivity index (χ3v) is 4.06. The predicted molar refractivity (Wildman–Crippen MR) is 91.4 cm³/mol. The van der Waals surface area contributed by atoms with E-state index in [0.717, 1.165) is 15.6 Å². The van der Waals surface area contributed by atoms with E-state index in [0.29, 0.717) is 26.3 Å². The summed E-state index contributed by atoms with van der Waals surface area (Å²) < 4.78 is 10.3. The fourth-order valence-corrected chi connectivity index (χ4v) is 2.42. The molecule has 0 unspecified atom stereocenters. The fourth-order valence-electron chi connectivity index (χ4n) is 2.42. The second-order valence-corrected chi connectivity index (χ2v) is 5.83. The van der Waals surface area contributed by atoms with Gasteiger partial charge in [0.25, 0.3) is 0 Å². The summed E-state index contributed by atoms with van der Waals surface area (Å²) >= 11 is 0. The third-order valence-electron chi connectivity index (χ3n) is 4.06. The molecule has 1 saturated heterocycles. The molecule has 1 N–H and O–H groups in total. The molecule has 1 atom stereocenters. The highest BCUT2D eigenvalue weighted by Gasteiger charge is 2.29. The number of carboxylic acid groups (broad SMARTS) is 1. The zero-order valence-electron chi connectivity index (χ0n) is 14.8. The van der Waals surface area contributed by atoms with Gasteiger partial charge >= 0.3 is 18.1 Å². The van der Waals surface area contributed by atoms with E-state index in [-0.39, 0.29) is 12.5 Å². The largest absolute Gasteiger partial charge is 0.478 e.